The Kier molecular flexibility index (Phi) is 6.90. The van der Waals surface area contributed by atoms with E-state index < -0.39 is 0 Å². The molecule has 22 heavy (non-hydrogen) atoms. The van der Waals surface area contributed by atoms with Crippen molar-refractivity contribution in [3.05, 3.63) is 24.3 Å². The van der Waals surface area contributed by atoms with Gasteiger partial charge in [-0.15, -0.1) is 0 Å². The van der Waals surface area contributed by atoms with E-state index in [1.54, 1.807) is 7.11 Å². The summed E-state index contributed by atoms with van der Waals surface area (Å²) in [5, 5.41) is 3.07. The van der Waals surface area contributed by atoms with Gasteiger partial charge in [0.05, 0.1) is 12.8 Å². The van der Waals surface area contributed by atoms with Gasteiger partial charge in [-0.1, -0.05) is 19.1 Å². The Morgan fingerprint density at radius 1 is 1.45 bits per heavy atom. The predicted molar refractivity (Wildman–Crippen MR) is 93.9 cm³/mol. The molecule has 0 aromatic heterocycles. The number of carbonyl (C=O) groups is 1. The highest BCUT2D eigenvalue weighted by Gasteiger charge is 2.24. The number of para-hydroxylation sites is 2. The Labute approximate surface area is 137 Å². The van der Waals surface area contributed by atoms with Gasteiger partial charge >= 0.3 is 0 Å². The van der Waals surface area contributed by atoms with E-state index in [0.717, 1.165) is 49.0 Å². The molecule has 5 heteroatoms. The maximum absolute atomic E-state index is 11.8. The summed E-state index contributed by atoms with van der Waals surface area (Å²) >= 11 is 1.81. The van der Waals surface area contributed by atoms with Gasteiger partial charge in [0.15, 0.2) is 0 Å². The van der Waals surface area contributed by atoms with Crippen LogP contribution in [-0.2, 0) is 4.79 Å². The van der Waals surface area contributed by atoms with Crippen LogP contribution in [0.2, 0.25) is 0 Å². The number of carbonyl (C=O) groups excluding carboxylic acids is 1. The third kappa shape index (κ3) is 4.83. The van der Waals surface area contributed by atoms with Crippen LogP contribution in [0.4, 0.5) is 5.69 Å². The zero-order valence-electron chi connectivity index (χ0n) is 13.5. The molecule has 1 unspecified atom stereocenters. The van der Waals surface area contributed by atoms with Crippen LogP contribution in [0.15, 0.2) is 24.3 Å². The second kappa shape index (κ2) is 8.93. The van der Waals surface area contributed by atoms with Crippen molar-refractivity contribution < 1.29 is 9.53 Å². The largest absolute Gasteiger partial charge is 0.495 e. The normalized spacial score (nSPS) is 17.5. The lowest BCUT2D eigenvalue weighted by atomic mass is 10.1. The molecular formula is C17H26N2O2S. The summed E-state index contributed by atoms with van der Waals surface area (Å²) in [4.78, 5) is 14.1. The number of thioether (sulfide) groups is 1. The molecular weight excluding hydrogens is 296 g/mol. The van der Waals surface area contributed by atoms with Crippen molar-refractivity contribution in [2.45, 2.75) is 19.8 Å². The first-order chi connectivity index (χ1) is 10.7. The highest BCUT2D eigenvalue weighted by Crippen LogP contribution is 2.31. The van der Waals surface area contributed by atoms with E-state index in [2.05, 4.69) is 23.2 Å². The first-order valence-electron chi connectivity index (χ1n) is 7.97. The minimum Gasteiger partial charge on any atom is -0.495 e. The number of amides is 1. The van der Waals surface area contributed by atoms with Gasteiger partial charge in [0.1, 0.15) is 5.75 Å². The summed E-state index contributed by atoms with van der Waals surface area (Å²) in [6.07, 6.45) is 1.74. The molecule has 1 saturated heterocycles. The monoisotopic (exact) mass is 322 g/mol. The first kappa shape index (κ1) is 17.0. The van der Waals surface area contributed by atoms with Crippen LogP contribution in [0.25, 0.3) is 0 Å². The molecule has 1 amide bonds. The Balaban J connectivity index is 1.77. The van der Waals surface area contributed by atoms with E-state index in [1.807, 2.05) is 30.0 Å². The van der Waals surface area contributed by atoms with Crippen LogP contribution in [0.1, 0.15) is 19.8 Å². The topological polar surface area (TPSA) is 41.6 Å². The maximum atomic E-state index is 11.8. The van der Waals surface area contributed by atoms with Crippen molar-refractivity contribution in [3.8, 4) is 5.75 Å². The summed E-state index contributed by atoms with van der Waals surface area (Å²) < 4.78 is 5.43. The second-order valence-corrected chi connectivity index (χ2v) is 6.92. The minimum absolute atomic E-state index is 0.177. The van der Waals surface area contributed by atoms with Crippen LogP contribution in [0.5, 0.6) is 5.75 Å². The van der Waals surface area contributed by atoms with Gasteiger partial charge < -0.3 is 15.0 Å². The van der Waals surface area contributed by atoms with Crippen LogP contribution in [0.3, 0.4) is 0 Å². The Bertz CT molecular complexity index is 481. The molecule has 0 radical (unpaired) electrons. The highest BCUT2D eigenvalue weighted by molar-refractivity contribution is 7.99. The van der Waals surface area contributed by atoms with Gasteiger partial charge in [-0.25, -0.2) is 0 Å². The molecule has 2 rings (SSSR count). The third-order valence-electron chi connectivity index (χ3n) is 3.98. The highest BCUT2D eigenvalue weighted by atomic mass is 32.2. The fourth-order valence-electron chi connectivity index (χ4n) is 2.76. The standard InChI is InChI=1S/C17H26N2O2S/c1-3-22-11-9-17(20)18-12-14-8-10-19(13-14)15-6-4-5-7-16(15)21-2/h4-7,14H,3,8-13H2,1-2H3,(H,18,20). The minimum atomic E-state index is 0.177. The number of hydrogen-bond acceptors (Lipinski definition) is 4. The number of rotatable bonds is 8. The fraction of sp³-hybridized carbons (Fsp3) is 0.588. The van der Waals surface area contributed by atoms with Crippen LogP contribution in [-0.4, -0.2) is 44.2 Å². The van der Waals surface area contributed by atoms with Gasteiger partial charge in [0.25, 0.3) is 0 Å². The molecule has 1 aromatic rings. The van der Waals surface area contributed by atoms with E-state index in [1.165, 1.54) is 0 Å². The average molecular weight is 322 g/mol. The quantitative estimate of drug-likeness (QED) is 0.747. The van der Waals surface area contributed by atoms with E-state index >= 15 is 0 Å². The SMILES string of the molecule is CCSCCC(=O)NCC1CCN(c2ccccc2OC)C1. The van der Waals surface area contributed by atoms with Crippen molar-refractivity contribution in [2.75, 3.05) is 43.1 Å². The molecule has 0 aliphatic carbocycles. The van der Waals surface area contributed by atoms with Gasteiger partial charge in [0, 0.05) is 31.8 Å². The maximum Gasteiger partial charge on any atom is 0.220 e. The number of anilines is 1. The molecule has 1 aliphatic rings. The summed E-state index contributed by atoms with van der Waals surface area (Å²) in [7, 11) is 1.71. The third-order valence-corrected chi connectivity index (χ3v) is 4.88. The molecule has 0 spiro atoms. The fourth-order valence-corrected chi connectivity index (χ4v) is 3.38. The second-order valence-electron chi connectivity index (χ2n) is 5.52. The number of nitrogens with one attached hydrogen (secondary N) is 1. The predicted octanol–water partition coefficient (Wildman–Crippen LogP) is 2.78. The smallest absolute Gasteiger partial charge is 0.220 e. The number of hydrogen-bond donors (Lipinski definition) is 1. The number of methoxy groups -OCH3 is 1. The molecule has 1 aromatic carbocycles. The van der Waals surface area contributed by atoms with Crippen molar-refractivity contribution in [1.82, 2.24) is 5.32 Å². The Morgan fingerprint density at radius 2 is 2.27 bits per heavy atom. The molecule has 0 saturated carbocycles. The summed E-state index contributed by atoms with van der Waals surface area (Å²) in [5.74, 6) is 3.61. The first-order valence-corrected chi connectivity index (χ1v) is 9.12. The molecule has 4 nitrogen and oxygen atoms in total. The van der Waals surface area contributed by atoms with E-state index in [9.17, 15) is 4.79 Å². The lowest BCUT2D eigenvalue weighted by molar-refractivity contribution is -0.120. The average Bonchev–Trinajstić information content (AvgIpc) is 3.02. The van der Waals surface area contributed by atoms with Crippen LogP contribution < -0.4 is 15.0 Å². The molecule has 1 aliphatic heterocycles. The number of ether oxygens (including phenoxy) is 1. The van der Waals surface area contributed by atoms with Crippen molar-refractivity contribution in [2.24, 2.45) is 5.92 Å². The molecule has 1 N–H and O–H groups in total. The van der Waals surface area contributed by atoms with Gasteiger partial charge in [-0.3, -0.25) is 4.79 Å². The van der Waals surface area contributed by atoms with Crippen LogP contribution in [0, 0.1) is 5.92 Å². The molecule has 1 atom stereocenters. The van der Waals surface area contributed by atoms with Gasteiger partial charge in [-0.2, -0.15) is 11.8 Å². The number of nitrogens with zero attached hydrogens (tertiary/aromatic N) is 1. The van der Waals surface area contributed by atoms with Crippen molar-refractivity contribution in [3.63, 3.8) is 0 Å². The Morgan fingerprint density at radius 3 is 3.05 bits per heavy atom. The zero-order chi connectivity index (χ0) is 15.8. The van der Waals surface area contributed by atoms with Crippen LogP contribution >= 0.6 is 11.8 Å². The summed E-state index contributed by atoms with van der Waals surface area (Å²) in [5.41, 5.74) is 1.15. The van der Waals surface area contributed by atoms with Gasteiger partial charge in [0.2, 0.25) is 5.91 Å². The summed E-state index contributed by atoms with van der Waals surface area (Å²) in [6.45, 7) is 4.89. The van der Waals surface area contributed by atoms with E-state index in [-0.39, 0.29) is 5.91 Å². The van der Waals surface area contributed by atoms with Gasteiger partial charge in [-0.05, 0) is 30.2 Å². The lowest BCUT2D eigenvalue weighted by Gasteiger charge is -2.21. The van der Waals surface area contributed by atoms with E-state index in [0.29, 0.717) is 12.3 Å². The van der Waals surface area contributed by atoms with E-state index in [4.69, 9.17) is 4.74 Å². The molecule has 122 valence electrons. The molecule has 1 heterocycles. The molecule has 0 bridgehead atoms. The van der Waals surface area contributed by atoms with Crippen molar-refractivity contribution in [1.29, 1.82) is 0 Å². The number of benzene rings is 1. The zero-order valence-corrected chi connectivity index (χ0v) is 14.3. The van der Waals surface area contributed by atoms with Crippen molar-refractivity contribution >= 4 is 23.4 Å². The summed E-state index contributed by atoms with van der Waals surface area (Å²) in [6, 6.07) is 8.13. The molecule has 1 fully saturated rings. The Hall–Kier alpha value is -1.36. The lowest BCUT2D eigenvalue weighted by Crippen LogP contribution is -2.31.